The maximum absolute atomic E-state index is 5.81. The van der Waals surface area contributed by atoms with Crippen molar-refractivity contribution < 1.29 is 4.74 Å². The number of nitrogens with two attached hydrogens (primary N) is 1. The number of hydrogen-bond donors (Lipinski definition) is 1. The van der Waals surface area contributed by atoms with Gasteiger partial charge in [0, 0.05) is 23.9 Å². The molecule has 0 atom stereocenters. The molecular formula is C16H22N4O. The van der Waals surface area contributed by atoms with Crippen LogP contribution in [0.4, 0.5) is 5.82 Å². The van der Waals surface area contributed by atoms with E-state index in [4.69, 9.17) is 10.5 Å². The van der Waals surface area contributed by atoms with E-state index in [0.717, 1.165) is 12.8 Å². The summed E-state index contributed by atoms with van der Waals surface area (Å²) in [6.07, 6.45) is 5.47. The Morgan fingerprint density at radius 3 is 2.52 bits per heavy atom. The molecule has 5 nitrogen and oxygen atoms in total. The van der Waals surface area contributed by atoms with E-state index in [2.05, 4.69) is 35.7 Å². The van der Waals surface area contributed by atoms with Crippen molar-refractivity contribution in [2.75, 3.05) is 12.3 Å². The van der Waals surface area contributed by atoms with Crippen LogP contribution in [0.2, 0.25) is 0 Å². The Kier molecular flexibility index (Phi) is 4.73. The smallest absolute Gasteiger partial charge is 0.218 e. The number of anilines is 1. The molecule has 0 aliphatic rings. The molecule has 0 bridgehead atoms. The molecular weight excluding hydrogens is 264 g/mol. The number of aryl methyl sites for hydroxylation is 1. The summed E-state index contributed by atoms with van der Waals surface area (Å²) in [5.74, 6) is 1.69. The summed E-state index contributed by atoms with van der Waals surface area (Å²) >= 11 is 0. The summed E-state index contributed by atoms with van der Waals surface area (Å²) in [6.45, 7) is 6.75. The molecule has 0 unspecified atom stereocenters. The number of nitrogens with zero attached hydrogens (tertiary/aromatic N) is 3. The van der Waals surface area contributed by atoms with Gasteiger partial charge in [-0.25, -0.2) is 4.98 Å². The van der Waals surface area contributed by atoms with Gasteiger partial charge in [-0.05, 0) is 30.5 Å². The highest BCUT2D eigenvalue weighted by atomic mass is 16.5. The van der Waals surface area contributed by atoms with Crippen molar-refractivity contribution in [3.8, 4) is 5.88 Å². The zero-order chi connectivity index (χ0) is 15.3. The topological polar surface area (TPSA) is 73.9 Å². The van der Waals surface area contributed by atoms with Crippen LogP contribution >= 0.6 is 0 Å². The monoisotopic (exact) mass is 286 g/mol. The third-order valence-corrected chi connectivity index (χ3v) is 3.00. The number of hydrogen-bond acceptors (Lipinski definition) is 5. The van der Waals surface area contributed by atoms with E-state index in [9.17, 15) is 0 Å². The average molecular weight is 286 g/mol. The van der Waals surface area contributed by atoms with Gasteiger partial charge in [0.25, 0.3) is 0 Å². The van der Waals surface area contributed by atoms with Gasteiger partial charge in [-0.2, -0.15) is 4.98 Å². The maximum Gasteiger partial charge on any atom is 0.218 e. The van der Waals surface area contributed by atoms with Crippen molar-refractivity contribution >= 4 is 5.82 Å². The number of rotatable bonds is 5. The lowest BCUT2D eigenvalue weighted by Crippen LogP contribution is -2.17. The minimum Gasteiger partial charge on any atom is -0.478 e. The fourth-order valence-corrected chi connectivity index (χ4v) is 1.85. The number of pyridine rings is 1. The van der Waals surface area contributed by atoms with Gasteiger partial charge in [-0.1, -0.05) is 20.8 Å². The lowest BCUT2D eigenvalue weighted by Gasteiger charge is -2.17. The quantitative estimate of drug-likeness (QED) is 0.855. The molecule has 0 aromatic carbocycles. The highest BCUT2D eigenvalue weighted by Crippen LogP contribution is 2.22. The second-order valence-corrected chi connectivity index (χ2v) is 6.01. The van der Waals surface area contributed by atoms with Gasteiger partial charge < -0.3 is 10.5 Å². The van der Waals surface area contributed by atoms with Crippen LogP contribution < -0.4 is 10.5 Å². The lowest BCUT2D eigenvalue weighted by molar-refractivity contribution is 0.296. The van der Waals surface area contributed by atoms with Crippen molar-refractivity contribution in [3.05, 3.63) is 42.0 Å². The molecule has 5 heteroatoms. The first kappa shape index (κ1) is 15.2. The highest BCUT2D eigenvalue weighted by Gasteiger charge is 2.19. The summed E-state index contributed by atoms with van der Waals surface area (Å²) in [5, 5.41) is 0. The van der Waals surface area contributed by atoms with Crippen molar-refractivity contribution in [2.45, 2.75) is 39.0 Å². The Balaban J connectivity index is 1.90. The zero-order valence-electron chi connectivity index (χ0n) is 12.8. The molecule has 2 aromatic rings. The van der Waals surface area contributed by atoms with Crippen LogP contribution in [0.3, 0.4) is 0 Å². The molecule has 0 saturated heterocycles. The Hall–Kier alpha value is -2.17. The molecule has 2 heterocycles. The fourth-order valence-electron chi connectivity index (χ4n) is 1.85. The molecule has 0 radical (unpaired) electrons. The lowest BCUT2D eigenvalue weighted by atomic mass is 9.96. The summed E-state index contributed by atoms with van der Waals surface area (Å²) in [5.41, 5.74) is 6.92. The number of aromatic nitrogens is 3. The molecule has 0 amide bonds. The van der Waals surface area contributed by atoms with E-state index in [1.807, 2.05) is 12.1 Å². The zero-order valence-corrected chi connectivity index (χ0v) is 12.8. The minimum absolute atomic E-state index is 0.148. The van der Waals surface area contributed by atoms with Crippen LogP contribution in [0.5, 0.6) is 5.88 Å². The van der Waals surface area contributed by atoms with Crippen LogP contribution in [0.1, 0.15) is 38.6 Å². The molecule has 0 aliphatic carbocycles. The first-order valence-electron chi connectivity index (χ1n) is 7.12. The van der Waals surface area contributed by atoms with Crippen LogP contribution in [0.25, 0.3) is 0 Å². The molecule has 2 aromatic heterocycles. The van der Waals surface area contributed by atoms with Crippen LogP contribution in [0, 0.1) is 0 Å². The summed E-state index contributed by atoms with van der Waals surface area (Å²) in [7, 11) is 0. The first-order valence-corrected chi connectivity index (χ1v) is 7.12. The minimum atomic E-state index is -0.148. The summed E-state index contributed by atoms with van der Waals surface area (Å²) in [6, 6.07) is 5.70. The van der Waals surface area contributed by atoms with E-state index in [1.54, 1.807) is 18.5 Å². The van der Waals surface area contributed by atoms with Crippen molar-refractivity contribution in [1.82, 2.24) is 15.0 Å². The van der Waals surface area contributed by atoms with Gasteiger partial charge in [0.05, 0.1) is 6.61 Å². The van der Waals surface area contributed by atoms with Crippen molar-refractivity contribution in [1.29, 1.82) is 0 Å². The van der Waals surface area contributed by atoms with Crippen LogP contribution in [0.15, 0.2) is 30.6 Å². The van der Waals surface area contributed by atoms with Gasteiger partial charge in [-0.3, -0.25) is 4.98 Å². The average Bonchev–Trinajstić information content (AvgIpc) is 2.43. The Morgan fingerprint density at radius 1 is 1.14 bits per heavy atom. The van der Waals surface area contributed by atoms with Gasteiger partial charge in [0.1, 0.15) is 11.6 Å². The Morgan fingerprint density at radius 2 is 1.86 bits per heavy atom. The second-order valence-electron chi connectivity index (χ2n) is 6.01. The van der Waals surface area contributed by atoms with Gasteiger partial charge in [0.2, 0.25) is 5.88 Å². The van der Waals surface area contributed by atoms with E-state index in [-0.39, 0.29) is 5.41 Å². The van der Waals surface area contributed by atoms with E-state index in [1.165, 1.54) is 5.56 Å². The third-order valence-electron chi connectivity index (χ3n) is 3.00. The standard InChI is InChI=1S/C16H22N4O/c1-16(2,3)15-19-13(17)11-14(20-15)21-10-4-5-12-6-8-18-9-7-12/h6-9,11H,4-5,10H2,1-3H3,(H2,17,19,20). The fraction of sp³-hybridized carbons (Fsp3) is 0.438. The van der Waals surface area contributed by atoms with Crippen LogP contribution in [-0.4, -0.2) is 21.6 Å². The summed E-state index contributed by atoms with van der Waals surface area (Å²) in [4.78, 5) is 12.7. The number of nitrogen functional groups attached to an aromatic ring is 1. The molecule has 2 N–H and O–H groups in total. The highest BCUT2D eigenvalue weighted by molar-refractivity contribution is 5.34. The first-order chi connectivity index (χ1) is 9.95. The Bertz CT molecular complexity index is 579. The molecule has 0 spiro atoms. The summed E-state index contributed by atoms with van der Waals surface area (Å²) < 4.78 is 5.70. The predicted molar refractivity (Wildman–Crippen MR) is 83.2 cm³/mol. The molecule has 0 fully saturated rings. The van der Waals surface area contributed by atoms with Crippen molar-refractivity contribution in [3.63, 3.8) is 0 Å². The normalized spacial score (nSPS) is 11.4. The second kappa shape index (κ2) is 6.52. The molecule has 0 aliphatic heterocycles. The molecule has 0 saturated carbocycles. The van der Waals surface area contributed by atoms with Gasteiger partial charge in [-0.15, -0.1) is 0 Å². The van der Waals surface area contributed by atoms with Gasteiger partial charge in [0.15, 0.2) is 0 Å². The van der Waals surface area contributed by atoms with Crippen molar-refractivity contribution in [2.24, 2.45) is 0 Å². The molecule has 2 rings (SSSR count). The number of ether oxygens (including phenoxy) is 1. The predicted octanol–water partition coefficient (Wildman–Crippen LogP) is 2.76. The Labute approximate surface area is 125 Å². The van der Waals surface area contributed by atoms with E-state index in [0.29, 0.717) is 24.1 Å². The van der Waals surface area contributed by atoms with Gasteiger partial charge >= 0.3 is 0 Å². The molecule has 21 heavy (non-hydrogen) atoms. The van der Waals surface area contributed by atoms with E-state index >= 15 is 0 Å². The SMILES string of the molecule is CC(C)(C)c1nc(N)cc(OCCCc2ccncc2)n1. The van der Waals surface area contributed by atoms with Crippen LogP contribution in [-0.2, 0) is 11.8 Å². The van der Waals surface area contributed by atoms with E-state index < -0.39 is 0 Å². The molecule has 112 valence electrons. The largest absolute Gasteiger partial charge is 0.478 e. The third kappa shape index (κ3) is 4.70. The maximum atomic E-state index is 5.81.